The zero-order chi connectivity index (χ0) is 12.8. The molecule has 0 bridgehead atoms. The summed E-state index contributed by atoms with van der Waals surface area (Å²) in [5.74, 6) is -0.696. The molecule has 0 fully saturated rings. The van der Waals surface area contributed by atoms with Crippen LogP contribution in [0.3, 0.4) is 0 Å². The first kappa shape index (κ1) is 13.8. The second kappa shape index (κ2) is 6.44. The van der Waals surface area contributed by atoms with Crippen molar-refractivity contribution >= 4 is 33.3 Å². The number of esters is 1. The van der Waals surface area contributed by atoms with Crippen molar-refractivity contribution in [2.75, 3.05) is 24.2 Å². The Bertz CT molecular complexity index is 413. The first-order valence-corrected chi connectivity index (χ1v) is 5.98. The average Bonchev–Trinajstić information content (AvgIpc) is 2.26. The number of benzene rings is 1. The van der Waals surface area contributed by atoms with Crippen LogP contribution < -0.4 is 11.1 Å². The van der Waals surface area contributed by atoms with E-state index in [1.807, 2.05) is 0 Å². The summed E-state index contributed by atoms with van der Waals surface area (Å²) in [4.78, 5) is 11.1. The van der Waals surface area contributed by atoms with Crippen LogP contribution in [0.2, 0.25) is 0 Å². The number of rotatable bonds is 5. The summed E-state index contributed by atoms with van der Waals surface area (Å²) in [6.07, 6.45) is 0.238. The molecular formula is C11H14BrFN2O2. The predicted molar refractivity (Wildman–Crippen MR) is 68.3 cm³/mol. The topological polar surface area (TPSA) is 64.3 Å². The van der Waals surface area contributed by atoms with Gasteiger partial charge < -0.3 is 15.8 Å². The van der Waals surface area contributed by atoms with Crippen molar-refractivity contribution in [1.82, 2.24) is 0 Å². The first-order valence-electron chi connectivity index (χ1n) is 5.18. The minimum Gasteiger partial charge on any atom is -0.466 e. The third-order valence-electron chi connectivity index (χ3n) is 2.04. The van der Waals surface area contributed by atoms with Crippen molar-refractivity contribution in [3.63, 3.8) is 0 Å². The zero-order valence-corrected chi connectivity index (χ0v) is 11.0. The molecule has 4 nitrogen and oxygen atoms in total. The van der Waals surface area contributed by atoms with E-state index < -0.39 is 5.82 Å². The molecule has 0 aliphatic carbocycles. The predicted octanol–water partition coefficient (Wildman–Crippen LogP) is 2.54. The minimum atomic E-state index is -0.418. The van der Waals surface area contributed by atoms with Gasteiger partial charge in [0.2, 0.25) is 0 Å². The van der Waals surface area contributed by atoms with Gasteiger partial charge in [-0.05, 0) is 28.9 Å². The molecule has 0 radical (unpaired) electrons. The van der Waals surface area contributed by atoms with E-state index in [2.05, 4.69) is 21.2 Å². The lowest BCUT2D eigenvalue weighted by molar-refractivity contribution is -0.142. The van der Waals surface area contributed by atoms with Gasteiger partial charge in [-0.15, -0.1) is 0 Å². The molecule has 0 aliphatic rings. The molecule has 17 heavy (non-hydrogen) atoms. The summed E-state index contributed by atoms with van der Waals surface area (Å²) in [6.45, 7) is 2.50. The molecule has 6 heteroatoms. The van der Waals surface area contributed by atoms with Crippen LogP contribution in [0.15, 0.2) is 16.6 Å². The van der Waals surface area contributed by atoms with Crippen LogP contribution in [0.4, 0.5) is 15.8 Å². The fourth-order valence-electron chi connectivity index (χ4n) is 1.25. The van der Waals surface area contributed by atoms with Crippen molar-refractivity contribution < 1.29 is 13.9 Å². The lowest BCUT2D eigenvalue weighted by Crippen LogP contribution is -2.12. The Morgan fingerprint density at radius 1 is 1.59 bits per heavy atom. The Kier molecular flexibility index (Phi) is 5.21. The Balaban J connectivity index is 2.52. The van der Waals surface area contributed by atoms with Crippen LogP contribution in [-0.2, 0) is 9.53 Å². The molecule has 0 unspecified atom stereocenters. The van der Waals surface area contributed by atoms with Crippen molar-refractivity contribution in [3.8, 4) is 0 Å². The van der Waals surface area contributed by atoms with Crippen LogP contribution in [0.1, 0.15) is 13.3 Å². The molecule has 1 rings (SSSR count). The number of anilines is 2. The average molecular weight is 305 g/mol. The normalized spacial score (nSPS) is 10.1. The summed E-state index contributed by atoms with van der Waals surface area (Å²) in [5.41, 5.74) is 6.51. The Hall–Kier alpha value is -1.30. The van der Waals surface area contributed by atoms with Crippen molar-refractivity contribution in [3.05, 3.63) is 22.4 Å². The monoisotopic (exact) mass is 304 g/mol. The molecule has 3 N–H and O–H groups in total. The van der Waals surface area contributed by atoms with Crippen LogP contribution >= 0.6 is 15.9 Å². The molecule has 0 amide bonds. The summed E-state index contributed by atoms with van der Waals surface area (Å²) in [7, 11) is 0. The maximum atomic E-state index is 13.1. The molecule has 0 aliphatic heterocycles. The largest absolute Gasteiger partial charge is 0.466 e. The number of hydrogen-bond acceptors (Lipinski definition) is 4. The highest BCUT2D eigenvalue weighted by Gasteiger charge is 2.06. The lowest BCUT2D eigenvalue weighted by atomic mass is 10.2. The van der Waals surface area contributed by atoms with Gasteiger partial charge in [-0.3, -0.25) is 4.79 Å². The van der Waals surface area contributed by atoms with E-state index >= 15 is 0 Å². The summed E-state index contributed by atoms with van der Waals surface area (Å²) >= 11 is 3.06. The van der Waals surface area contributed by atoms with Gasteiger partial charge in [-0.1, -0.05) is 0 Å². The second-order valence-electron chi connectivity index (χ2n) is 3.34. The van der Waals surface area contributed by atoms with Gasteiger partial charge in [0.15, 0.2) is 0 Å². The number of ether oxygens (including phenoxy) is 1. The SMILES string of the molecule is CCOC(=O)CCNc1cc(Br)c(F)cc1N. The molecule has 1 aromatic rings. The number of carbonyl (C=O) groups excluding carboxylic acids is 1. The number of nitrogens with two attached hydrogens (primary N) is 1. The first-order chi connectivity index (χ1) is 8.04. The minimum absolute atomic E-state index is 0.238. The maximum Gasteiger partial charge on any atom is 0.307 e. The number of carbonyl (C=O) groups is 1. The van der Waals surface area contributed by atoms with Crippen LogP contribution in [0.25, 0.3) is 0 Å². The molecule has 94 valence electrons. The van der Waals surface area contributed by atoms with Crippen molar-refractivity contribution in [2.24, 2.45) is 0 Å². The molecule has 0 aromatic heterocycles. The number of halogens is 2. The van der Waals surface area contributed by atoms with Gasteiger partial charge in [0.1, 0.15) is 5.82 Å². The molecule has 0 saturated carbocycles. The summed E-state index contributed by atoms with van der Waals surface area (Å²) in [5, 5.41) is 2.95. The van der Waals surface area contributed by atoms with Crippen molar-refractivity contribution in [2.45, 2.75) is 13.3 Å². The van der Waals surface area contributed by atoms with E-state index in [4.69, 9.17) is 10.5 Å². The van der Waals surface area contributed by atoms with Crippen LogP contribution in [0.5, 0.6) is 0 Å². The second-order valence-corrected chi connectivity index (χ2v) is 4.19. The van der Waals surface area contributed by atoms with E-state index in [1.165, 1.54) is 12.1 Å². The van der Waals surface area contributed by atoms with E-state index in [1.54, 1.807) is 6.92 Å². The number of nitrogens with one attached hydrogen (secondary N) is 1. The summed E-state index contributed by atoms with van der Waals surface area (Å²) in [6, 6.07) is 2.76. The van der Waals surface area contributed by atoms with E-state index in [0.717, 1.165) is 0 Å². The highest BCUT2D eigenvalue weighted by atomic mass is 79.9. The van der Waals surface area contributed by atoms with Gasteiger partial charge in [0, 0.05) is 12.6 Å². The van der Waals surface area contributed by atoms with Gasteiger partial charge in [0.05, 0.1) is 28.9 Å². The van der Waals surface area contributed by atoms with Crippen LogP contribution in [-0.4, -0.2) is 19.1 Å². The number of nitrogen functional groups attached to an aromatic ring is 1. The quantitative estimate of drug-likeness (QED) is 0.648. The smallest absolute Gasteiger partial charge is 0.307 e. The Morgan fingerprint density at radius 2 is 2.29 bits per heavy atom. The van der Waals surface area contributed by atoms with Gasteiger partial charge in [0.25, 0.3) is 0 Å². The Labute approximate surface area is 107 Å². The molecule has 1 aromatic carbocycles. The molecule has 0 saturated heterocycles. The zero-order valence-electron chi connectivity index (χ0n) is 9.43. The standard InChI is InChI=1S/C11H14BrFN2O2/c1-2-17-11(16)3-4-15-10-5-7(12)8(13)6-9(10)14/h5-6,15H,2-4,14H2,1H3. The molecular weight excluding hydrogens is 291 g/mol. The van der Waals surface area contributed by atoms with Gasteiger partial charge in [-0.2, -0.15) is 0 Å². The highest BCUT2D eigenvalue weighted by molar-refractivity contribution is 9.10. The maximum absolute atomic E-state index is 13.1. The summed E-state index contributed by atoms with van der Waals surface area (Å²) < 4.78 is 18.2. The third kappa shape index (κ3) is 4.22. The molecule has 0 spiro atoms. The number of hydrogen-bond donors (Lipinski definition) is 2. The molecule has 0 heterocycles. The Morgan fingerprint density at radius 3 is 2.94 bits per heavy atom. The van der Waals surface area contributed by atoms with E-state index in [-0.39, 0.29) is 12.4 Å². The van der Waals surface area contributed by atoms with Crippen LogP contribution in [0, 0.1) is 5.82 Å². The van der Waals surface area contributed by atoms with E-state index in [9.17, 15) is 9.18 Å². The van der Waals surface area contributed by atoms with E-state index in [0.29, 0.717) is 29.0 Å². The highest BCUT2D eigenvalue weighted by Crippen LogP contribution is 2.26. The van der Waals surface area contributed by atoms with Gasteiger partial charge in [-0.25, -0.2) is 4.39 Å². The fraction of sp³-hybridized carbons (Fsp3) is 0.364. The van der Waals surface area contributed by atoms with Gasteiger partial charge >= 0.3 is 5.97 Å². The lowest BCUT2D eigenvalue weighted by Gasteiger charge is -2.10. The fourth-order valence-corrected chi connectivity index (χ4v) is 1.59. The molecule has 0 atom stereocenters. The third-order valence-corrected chi connectivity index (χ3v) is 2.65. The van der Waals surface area contributed by atoms with Crippen molar-refractivity contribution in [1.29, 1.82) is 0 Å².